The number of H-pyrrole nitrogens is 1. The first-order chi connectivity index (χ1) is 10.0. The van der Waals surface area contributed by atoms with E-state index in [1.54, 1.807) is 12.1 Å². The van der Waals surface area contributed by atoms with Gasteiger partial charge in [-0.2, -0.15) is 0 Å². The third-order valence-corrected chi connectivity index (χ3v) is 3.88. The van der Waals surface area contributed by atoms with E-state index in [-0.39, 0.29) is 16.2 Å². The molecule has 0 saturated heterocycles. The molecule has 0 bridgehead atoms. The molecule has 0 aliphatic carbocycles. The molecule has 21 heavy (non-hydrogen) atoms. The van der Waals surface area contributed by atoms with E-state index in [0.29, 0.717) is 15.5 Å². The number of aromatic amines is 1. The van der Waals surface area contributed by atoms with Crippen LogP contribution in [0.4, 0.5) is 8.78 Å². The second-order valence-electron chi connectivity index (χ2n) is 4.37. The summed E-state index contributed by atoms with van der Waals surface area (Å²) in [7, 11) is 1.37. The number of ether oxygens (including phenoxy) is 1. The van der Waals surface area contributed by atoms with Gasteiger partial charge in [0.15, 0.2) is 16.3 Å². The zero-order valence-corrected chi connectivity index (χ0v) is 13.2. The highest BCUT2D eigenvalue weighted by Crippen LogP contribution is 2.28. The lowest BCUT2D eigenvalue weighted by atomic mass is 10.2. The molecule has 3 rings (SSSR count). The van der Waals surface area contributed by atoms with Crippen LogP contribution in [0.3, 0.4) is 0 Å². The molecule has 1 aromatic heterocycles. The number of nitrogens with one attached hydrogen (secondary N) is 1. The minimum Gasteiger partial charge on any atom is -0.494 e. The number of fused-ring (bicyclic) bond motifs is 1. The molecular formula is C14H9BrF2N2OS. The third kappa shape index (κ3) is 2.36. The molecule has 0 aliphatic heterocycles. The fraction of sp³-hybridized carbons (Fsp3) is 0.0714. The summed E-state index contributed by atoms with van der Waals surface area (Å²) in [6, 6.07) is 7.29. The number of nitrogens with zero attached hydrogens (tertiary/aromatic N) is 1. The molecule has 2 aromatic carbocycles. The number of rotatable bonds is 2. The molecule has 0 radical (unpaired) electrons. The quantitative estimate of drug-likeness (QED) is 0.660. The average Bonchev–Trinajstić information content (AvgIpc) is 2.75. The van der Waals surface area contributed by atoms with Crippen molar-refractivity contribution in [2.24, 2.45) is 0 Å². The summed E-state index contributed by atoms with van der Waals surface area (Å²) in [5, 5.41) is 0. The Labute approximate surface area is 132 Å². The number of imidazole rings is 1. The van der Waals surface area contributed by atoms with E-state index in [9.17, 15) is 8.78 Å². The summed E-state index contributed by atoms with van der Waals surface area (Å²) in [6.07, 6.45) is 0. The van der Waals surface area contributed by atoms with Crippen LogP contribution in [0.1, 0.15) is 0 Å². The van der Waals surface area contributed by atoms with E-state index < -0.39 is 11.6 Å². The van der Waals surface area contributed by atoms with Gasteiger partial charge < -0.3 is 9.72 Å². The Morgan fingerprint density at radius 3 is 2.67 bits per heavy atom. The number of aromatic nitrogens is 2. The monoisotopic (exact) mass is 370 g/mol. The lowest BCUT2D eigenvalue weighted by Crippen LogP contribution is -1.98. The maximum absolute atomic E-state index is 14.1. The fourth-order valence-corrected chi connectivity index (χ4v) is 2.82. The molecule has 0 amide bonds. The van der Waals surface area contributed by atoms with Crippen molar-refractivity contribution in [3.8, 4) is 11.4 Å². The van der Waals surface area contributed by atoms with Crippen LogP contribution in [0.2, 0.25) is 0 Å². The molecule has 0 unspecified atom stereocenters. The zero-order valence-electron chi connectivity index (χ0n) is 10.8. The number of hydrogen-bond acceptors (Lipinski definition) is 2. The molecule has 0 aliphatic rings. The van der Waals surface area contributed by atoms with E-state index in [2.05, 4.69) is 20.9 Å². The van der Waals surface area contributed by atoms with Crippen molar-refractivity contribution in [3.63, 3.8) is 0 Å². The molecule has 0 spiro atoms. The van der Waals surface area contributed by atoms with Crippen molar-refractivity contribution in [2.75, 3.05) is 7.11 Å². The highest BCUT2D eigenvalue weighted by molar-refractivity contribution is 9.10. The van der Waals surface area contributed by atoms with Gasteiger partial charge in [-0.3, -0.25) is 4.57 Å². The summed E-state index contributed by atoms with van der Waals surface area (Å²) in [4.78, 5) is 2.86. The smallest absolute Gasteiger partial charge is 0.182 e. The first-order valence-corrected chi connectivity index (χ1v) is 7.15. The van der Waals surface area contributed by atoms with Gasteiger partial charge in [-0.05, 0) is 30.4 Å². The predicted octanol–water partition coefficient (Wildman–Crippen LogP) is 4.74. The van der Waals surface area contributed by atoms with E-state index >= 15 is 0 Å². The van der Waals surface area contributed by atoms with Crippen molar-refractivity contribution >= 4 is 39.2 Å². The van der Waals surface area contributed by atoms with Crippen LogP contribution in [0, 0.1) is 16.4 Å². The van der Waals surface area contributed by atoms with Crippen LogP contribution in [0.15, 0.2) is 34.8 Å². The van der Waals surface area contributed by atoms with Gasteiger partial charge in [0.05, 0.1) is 23.8 Å². The highest BCUT2D eigenvalue weighted by Gasteiger charge is 2.14. The fourth-order valence-electron chi connectivity index (χ4n) is 2.16. The summed E-state index contributed by atoms with van der Waals surface area (Å²) < 4.78 is 35.3. The van der Waals surface area contributed by atoms with E-state index in [0.717, 1.165) is 0 Å². The van der Waals surface area contributed by atoms with Gasteiger partial charge >= 0.3 is 0 Å². The molecule has 3 nitrogen and oxygen atoms in total. The molecule has 3 aromatic rings. The number of benzene rings is 2. The van der Waals surface area contributed by atoms with Crippen molar-refractivity contribution in [2.45, 2.75) is 0 Å². The lowest BCUT2D eigenvalue weighted by Gasteiger charge is -2.08. The van der Waals surface area contributed by atoms with Crippen LogP contribution in [0.25, 0.3) is 16.7 Å². The van der Waals surface area contributed by atoms with Gasteiger partial charge in [0.2, 0.25) is 0 Å². The second kappa shape index (κ2) is 5.23. The molecule has 0 fully saturated rings. The Morgan fingerprint density at radius 1 is 1.19 bits per heavy atom. The van der Waals surface area contributed by atoms with Gasteiger partial charge in [0.1, 0.15) is 5.82 Å². The standard InChI is InChI=1S/C14H9BrF2N2OS/c1-20-13-6-12-10(5-9(13)17)18-14(21)19(12)11-4-7(15)2-3-8(11)16/h2-6H,1H3,(H,18,21). The minimum absolute atomic E-state index is 0.0701. The average molecular weight is 371 g/mol. The predicted molar refractivity (Wildman–Crippen MR) is 82.6 cm³/mol. The zero-order chi connectivity index (χ0) is 15.1. The molecule has 7 heteroatoms. The van der Waals surface area contributed by atoms with Gasteiger partial charge in [-0.1, -0.05) is 15.9 Å². The SMILES string of the molecule is COc1cc2c(cc1F)[nH]c(=S)n2-c1cc(Br)ccc1F. The van der Waals surface area contributed by atoms with Crippen LogP contribution >= 0.6 is 28.1 Å². The maximum atomic E-state index is 14.1. The first-order valence-electron chi connectivity index (χ1n) is 5.95. The normalized spacial score (nSPS) is 11.0. The van der Waals surface area contributed by atoms with Crippen molar-refractivity contribution in [1.82, 2.24) is 9.55 Å². The van der Waals surface area contributed by atoms with Crippen molar-refractivity contribution in [1.29, 1.82) is 0 Å². The van der Waals surface area contributed by atoms with Crippen LogP contribution in [-0.4, -0.2) is 16.7 Å². The Kier molecular flexibility index (Phi) is 3.54. The van der Waals surface area contributed by atoms with E-state index in [1.807, 2.05) is 0 Å². The minimum atomic E-state index is -0.511. The molecule has 0 atom stereocenters. The Bertz CT molecular complexity index is 904. The number of methoxy groups -OCH3 is 1. The van der Waals surface area contributed by atoms with Crippen molar-refractivity contribution in [3.05, 3.63) is 51.2 Å². The van der Waals surface area contributed by atoms with Gasteiger partial charge in [-0.25, -0.2) is 8.78 Å². The summed E-state index contributed by atoms with van der Waals surface area (Å²) in [5.41, 5.74) is 1.28. The molecule has 1 N–H and O–H groups in total. The van der Waals surface area contributed by atoms with Crippen LogP contribution < -0.4 is 4.74 Å². The van der Waals surface area contributed by atoms with Gasteiger partial charge in [-0.15, -0.1) is 0 Å². The number of hydrogen-bond donors (Lipinski definition) is 1. The van der Waals surface area contributed by atoms with E-state index in [4.69, 9.17) is 17.0 Å². The summed E-state index contributed by atoms with van der Waals surface area (Å²) in [5.74, 6) is -0.873. The Hall–Kier alpha value is -1.73. The topological polar surface area (TPSA) is 29.9 Å². The molecule has 1 heterocycles. The van der Waals surface area contributed by atoms with Gasteiger partial charge in [0, 0.05) is 16.6 Å². The Balaban J connectivity index is 2.39. The molecule has 108 valence electrons. The summed E-state index contributed by atoms with van der Waals surface area (Å²) >= 11 is 8.52. The lowest BCUT2D eigenvalue weighted by molar-refractivity contribution is 0.387. The van der Waals surface area contributed by atoms with Crippen LogP contribution in [0.5, 0.6) is 5.75 Å². The molecular weight excluding hydrogens is 362 g/mol. The summed E-state index contributed by atoms with van der Waals surface area (Å²) in [6.45, 7) is 0. The highest BCUT2D eigenvalue weighted by atomic mass is 79.9. The van der Waals surface area contributed by atoms with E-state index in [1.165, 1.54) is 29.9 Å². The largest absolute Gasteiger partial charge is 0.494 e. The maximum Gasteiger partial charge on any atom is 0.182 e. The van der Waals surface area contributed by atoms with Gasteiger partial charge in [0.25, 0.3) is 0 Å². The number of halogens is 3. The Morgan fingerprint density at radius 2 is 1.95 bits per heavy atom. The second-order valence-corrected chi connectivity index (χ2v) is 5.67. The third-order valence-electron chi connectivity index (χ3n) is 3.10. The first kappa shape index (κ1) is 14.2. The van der Waals surface area contributed by atoms with Crippen LogP contribution in [-0.2, 0) is 0 Å². The molecule has 0 saturated carbocycles. The van der Waals surface area contributed by atoms with Crippen molar-refractivity contribution < 1.29 is 13.5 Å².